The third-order valence-corrected chi connectivity index (χ3v) is 6.62. The van der Waals surface area contributed by atoms with E-state index < -0.39 is 0 Å². The molecule has 1 aliphatic carbocycles. The number of thiocarbonyl (C=S) groups is 1. The predicted molar refractivity (Wildman–Crippen MR) is 131 cm³/mol. The van der Waals surface area contributed by atoms with Crippen LogP contribution in [0.2, 0.25) is 0 Å². The van der Waals surface area contributed by atoms with Crippen molar-refractivity contribution in [2.24, 2.45) is 17.8 Å². The molecule has 0 radical (unpaired) electrons. The zero-order valence-corrected chi connectivity index (χ0v) is 20.6. The van der Waals surface area contributed by atoms with Crippen molar-refractivity contribution in [1.29, 1.82) is 0 Å². The van der Waals surface area contributed by atoms with Gasteiger partial charge in [0.25, 0.3) is 0 Å². The van der Waals surface area contributed by atoms with Gasteiger partial charge in [-0.1, -0.05) is 64.2 Å². The van der Waals surface area contributed by atoms with Gasteiger partial charge in [0.15, 0.2) is 17.3 Å². The minimum Gasteiger partial charge on any atom is -0.493 e. The number of allylic oxidation sites excluding steroid dienone is 1. The Bertz CT molecular complexity index is 738. The number of carbonyl (C=O) groups excluding carboxylic acids is 1. The first-order valence-corrected chi connectivity index (χ1v) is 11.8. The van der Waals surface area contributed by atoms with Gasteiger partial charge in [-0.05, 0) is 59.2 Å². The molecule has 0 aliphatic heterocycles. The normalized spacial score (nSPS) is 15.8. The first kappa shape index (κ1) is 25.4. The zero-order valence-electron chi connectivity index (χ0n) is 19.7. The summed E-state index contributed by atoms with van der Waals surface area (Å²) in [6, 6.07) is 3.68. The highest BCUT2D eigenvalue weighted by molar-refractivity contribution is 7.80. The van der Waals surface area contributed by atoms with Crippen LogP contribution in [0.3, 0.4) is 0 Å². The molecule has 0 heterocycles. The number of rotatable bonds is 12. The number of ketones is 1. The Morgan fingerprint density at radius 1 is 1.03 bits per heavy atom. The first-order chi connectivity index (χ1) is 14.9. The zero-order chi connectivity index (χ0) is 22.8. The van der Waals surface area contributed by atoms with Gasteiger partial charge in [-0.2, -0.15) is 0 Å². The van der Waals surface area contributed by atoms with Crippen molar-refractivity contribution < 1.29 is 19.0 Å². The largest absolute Gasteiger partial charge is 0.493 e. The SMILES string of the molecule is COc1cc(/C=C/C(=O)CC(CC(=S)CC2CCCCC2)C(C)C)cc(OC)c1OC. The van der Waals surface area contributed by atoms with Crippen molar-refractivity contribution in [1.82, 2.24) is 0 Å². The molecular weight excluding hydrogens is 408 g/mol. The van der Waals surface area contributed by atoms with Crippen molar-refractivity contribution in [3.8, 4) is 17.2 Å². The van der Waals surface area contributed by atoms with E-state index in [9.17, 15) is 4.79 Å². The van der Waals surface area contributed by atoms with Crippen LogP contribution in [0.5, 0.6) is 17.2 Å². The molecule has 172 valence electrons. The Kier molecular flexibility index (Phi) is 10.5. The van der Waals surface area contributed by atoms with Gasteiger partial charge in [-0.25, -0.2) is 0 Å². The summed E-state index contributed by atoms with van der Waals surface area (Å²) in [4.78, 5) is 13.9. The lowest BCUT2D eigenvalue weighted by molar-refractivity contribution is -0.115. The fourth-order valence-corrected chi connectivity index (χ4v) is 4.80. The molecule has 2 rings (SSSR count). The van der Waals surface area contributed by atoms with Gasteiger partial charge in [-0.3, -0.25) is 4.79 Å². The summed E-state index contributed by atoms with van der Waals surface area (Å²) in [7, 11) is 4.74. The highest BCUT2D eigenvalue weighted by Gasteiger charge is 2.21. The van der Waals surface area contributed by atoms with Gasteiger partial charge < -0.3 is 14.2 Å². The highest BCUT2D eigenvalue weighted by atomic mass is 32.1. The molecule has 1 saturated carbocycles. The Labute approximate surface area is 193 Å². The van der Waals surface area contributed by atoms with Crippen LogP contribution < -0.4 is 14.2 Å². The summed E-state index contributed by atoms with van der Waals surface area (Å²) in [5.41, 5.74) is 0.830. The molecule has 0 spiro atoms. The predicted octanol–water partition coefficient (Wildman–Crippen LogP) is 6.69. The maximum absolute atomic E-state index is 12.7. The second-order valence-corrected chi connectivity index (χ2v) is 9.49. The van der Waals surface area contributed by atoms with E-state index in [1.54, 1.807) is 27.4 Å². The standard InChI is InChI=1S/C26H38O4S/c1-18(2)21(17-23(31)13-19-9-7-6-8-10-19)16-22(27)12-11-20-14-24(28-3)26(30-5)25(15-20)29-4/h11-12,14-15,18-19,21H,6-10,13,16-17H2,1-5H3/b12-11+. The highest BCUT2D eigenvalue weighted by Crippen LogP contribution is 2.38. The van der Waals surface area contributed by atoms with Crippen molar-refractivity contribution in [2.45, 2.75) is 65.2 Å². The van der Waals surface area contributed by atoms with Crippen LogP contribution in [0.1, 0.15) is 70.8 Å². The van der Waals surface area contributed by atoms with E-state index in [4.69, 9.17) is 26.4 Å². The first-order valence-electron chi connectivity index (χ1n) is 11.4. The Hall–Kier alpha value is -1.88. The summed E-state index contributed by atoms with van der Waals surface area (Å²) in [6.45, 7) is 4.37. The molecule has 1 atom stereocenters. The maximum atomic E-state index is 12.7. The van der Waals surface area contributed by atoms with E-state index in [-0.39, 0.29) is 11.7 Å². The number of methoxy groups -OCH3 is 3. The van der Waals surface area contributed by atoms with E-state index in [1.807, 2.05) is 18.2 Å². The topological polar surface area (TPSA) is 44.8 Å². The molecule has 0 N–H and O–H groups in total. The maximum Gasteiger partial charge on any atom is 0.203 e. The van der Waals surface area contributed by atoms with Crippen LogP contribution in [-0.2, 0) is 4.79 Å². The number of hydrogen-bond donors (Lipinski definition) is 0. The fraction of sp³-hybridized carbons (Fsp3) is 0.615. The molecule has 31 heavy (non-hydrogen) atoms. The average Bonchev–Trinajstić information content (AvgIpc) is 2.76. The third-order valence-electron chi connectivity index (χ3n) is 6.29. The lowest BCUT2D eigenvalue weighted by Gasteiger charge is -2.24. The summed E-state index contributed by atoms with van der Waals surface area (Å²) in [5.74, 6) is 3.26. The van der Waals surface area contributed by atoms with Crippen LogP contribution in [-0.4, -0.2) is 32.0 Å². The molecular formula is C26H38O4S. The molecule has 1 aromatic rings. The molecule has 0 bridgehead atoms. The molecule has 1 aliphatic rings. The number of hydrogen-bond acceptors (Lipinski definition) is 5. The lowest BCUT2D eigenvalue weighted by Crippen LogP contribution is -2.19. The van der Waals surface area contributed by atoms with Crippen molar-refractivity contribution in [3.63, 3.8) is 0 Å². The van der Waals surface area contributed by atoms with E-state index >= 15 is 0 Å². The van der Waals surface area contributed by atoms with Crippen molar-refractivity contribution >= 4 is 28.9 Å². The summed E-state index contributed by atoms with van der Waals surface area (Å²) < 4.78 is 16.1. The Balaban J connectivity index is 1.99. The average molecular weight is 447 g/mol. The summed E-state index contributed by atoms with van der Waals surface area (Å²) in [6.07, 6.45) is 12.6. The van der Waals surface area contributed by atoms with E-state index in [0.717, 1.165) is 29.2 Å². The minimum absolute atomic E-state index is 0.118. The van der Waals surface area contributed by atoms with Gasteiger partial charge in [0.1, 0.15) is 0 Å². The number of ether oxygens (including phenoxy) is 3. The molecule has 1 aromatic carbocycles. The van der Waals surface area contributed by atoms with Gasteiger partial charge in [0, 0.05) is 6.42 Å². The summed E-state index contributed by atoms with van der Waals surface area (Å²) >= 11 is 5.73. The molecule has 1 unspecified atom stereocenters. The van der Waals surface area contributed by atoms with Gasteiger partial charge in [0.2, 0.25) is 5.75 Å². The molecule has 0 aromatic heterocycles. The second-order valence-electron chi connectivity index (χ2n) is 8.92. The Morgan fingerprint density at radius 2 is 1.65 bits per heavy atom. The van der Waals surface area contributed by atoms with Crippen LogP contribution in [0.15, 0.2) is 18.2 Å². The van der Waals surface area contributed by atoms with E-state index in [1.165, 1.54) is 32.1 Å². The fourth-order valence-electron chi connectivity index (χ4n) is 4.35. The third kappa shape index (κ3) is 7.95. The van der Waals surface area contributed by atoms with Crippen LogP contribution in [0.4, 0.5) is 0 Å². The molecule has 5 heteroatoms. The van der Waals surface area contributed by atoms with Crippen molar-refractivity contribution in [3.05, 3.63) is 23.8 Å². The Morgan fingerprint density at radius 3 is 2.16 bits per heavy atom. The molecule has 1 fully saturated rings. The smallest absolute Gasteiger partial charge is 0.203 e. The van der Waals surface area contributed by atoms with Crippen LogP contribution in [0.25, 0.3) is 6.08 Å². The summed E-state index contributed by atoms with van der Waals surface area (Å²) in [5, 5.41) is 0. The van der Waals surface area contributed by atoms with E-state index in [0.29, 0.717) is 29.6 Å². The molecule has 4 nitrogen and oxygen atoms in total. The van der Waals surface area contributed by atoms with Gasteiger partial charge >= 0.3 is 0 Å². The van der Waals surface area contributed by atoms with Crippen LogP contribution in [0, 0.1) is 17.8 Å². The minimum atomic E-state index is 0.118. The number of carbonyl (C=O) groups is 1. The van der Waals surface area contributed by atoms with Gasteiger partial charge in [0.05, 0.1) is 21.3 Å². The van der Waals surface area contributed by atoms with E-state index in [2.05, 4.69) is 13.8 Å². The number of benzene rings is 1. The van der Waals surface area contributed by atoms with Gasteiger partial charge in [-0.15, -0.1) is 0 Å². The monoisotopic (exact) mass is 446 g/mol. The van der Waals surface area contributed by atoms with Crippen LogP contribution >= 0.6 is 12.2 Å². The quantitative estimate of drug-likeness (QED) is 0.264. The van der Waals surface area contributed by atoms with Crippen molar-refractivity contribution in [2.75, 3.05) is 21.3 Å². The second kappa shape index (κ2) is 12.8. The lowest BCUT2D eigenvalue weighted by atomic mass is 9.82. The molecule has 0 amide bonds. The molecule has 0 saturated heterocycles.